The van der Waals surface area contributed by atoms with Gasteiger partial charge in [0.05, 0.1) is 0 Å². The molecule has 0 saturated carbocycles. The van der Waals surface area contributed by atoms with Crippen LogP contribution in [0.4, 0.5) is 0 Å². The van der Waals surface area contributed by atoms with E-state index in [0.717, 1.165) is 53.9 Å². The van der Waals surface area contributed by atoms with Crippen molar-refractivity contribution in [2.75, 3.05) is 13.3 Å². The summed E-state index contributed by atoms with van der Waals surface area (Å²) in [5.74, 6) is 1.53. The van der Waals surface area contributed by atoms with E-state index in [2.05, 4.69) is 35.1 Å². The van der Waals surface area contributed by atoms with E-state index in [1.807, 2.05) is 37.4 Å². The number of amides is 1. The molecule has 1 atom stereocenters. The quantitative estimate of drug-likeness (QED) is 0.564. The summed E-state index contributed by atoms with van der Waals surface area (Å²) < 4.78 is 13.2. The Morgan fingerprint density at radius 3 is 2.83 bits per heavy atom. The van der Waals surface area contributed by atoms with Crippen LogP contribution >= 0.6 is 0 Å². The minimum Gasteiger partial charge on any atom is -0.454 e. The molecule has 0 radical (unpaired) electrons. The van der Waals surface area contributed by atoms with E-state index in [4.69, 9.17) is 9.47 Å². The summed E-state index contributed by atoms with van der Waals surface area (Å²) in [5, 5.41) is 4.27. The maximum absolute atomic E-state index is 12.8. The van der Waals surface area contributed by atoms with Crippen LogP contribution in [0.15, 0.2) is 48.7 Å². The number of rotatable bonds is 8. The van der Waals surface area contributed by atoms with Gasteiger partial charge in [-0.3, -0.25) is 4.79 Å². The Morgan fingerprint density at radius 1 is 1.14 bits per heavy atom. The molecule has 0 bridgehead atoms. The highest BCUT2D eigenvalue weighted by molar-refractivity contribution is 5.86. The van der Waals surface area contributed by atoms with Crippen LogP contribution in [0, 0.1) is 0 Å². The van der Waals surface area contributed by atoms with Crippen molar-refractivity contribution < 1.29 is 14.3 Å². The van der Waals surface area contributed by atoms with E-state index in [1.165, 1.54) is 5.39 Å². The Bertz CT molecular complexity index is 1010. The molecule has 0 aliphatic carbocycles. The molecule has 1 aromatic heterocycles. The maximum Gasteiger partial charge on any atom is 0.231 e. The summed E-state index contributed by atoms with van der Waals surface area (Å²) in [6, 6.07) is 14.3. The Hall–Kier alpha value is -2.95. The van der Waals surface area contributed by atoms with Crippen molar-refractivity contribution in [2.45, 2.75) is 38.5 Å². The van der Waals surface area contributed by atoms with Gasteiger partial charge in [-0.1, -0.05) is 44.0 Å². The van der Waals surface area contributed by atoms with Crippen molar-refractivity contribution in [3.8, 4) is 11.5 Å². The number of aryl methyl sites for hydroxylation is 1. The fourth-order valence-electron chi connectivity index (χ4n) is 4.05. The average molecular weight is 392 g/mol. The molecule has 29 heavy (non-hydrogen) atoms. The molecule has 0 spiro atoms. The molecule has 1 amide bonds. The summed E-state index contributed by atoms with van der Waals surface area (Å²) >= 11 is 0. The number of unbranched alkanes of at least 4 members (excludes halogenated alkanes) is 2. The third-order valence-electron chi connectivity index (χ3n) is 5.59. The molecule has 5 heteroatoms. The van der Waals surface area contributed by atoms with Gasteiger partial charge >= 0.3 is 0 Å². The number of hydrogen-bond acceptors (Lipinski definition) is 3. The van der Waals surface area contributed by atoms with Crippen LogP contribution in [0.5, 0.6) is 11.5 Å². The van der Waals surface area contributed by atoms with Crippen LogP contribution in [0.25, 0.3) is 10.9 Å². The van der Waals surface area contributed by atoms with E-state index in [9.17, 15) is 4.79 Å². The van der Waals surface area contributed by atoms with E-state index < -0.39 is 0 Å². The molecule has 3 aromatic rings. The number of carbonyl (C=O) groups is 1. The number of carbonyl (C=O) groups excluding carboxylic acids is 1. The second-order valence-electron chi connectivity index (χ2n) is 7.64. The highest BCUT2D eigenvalue weighted by atomic mass is 16.7. The first kappa shape index (κ1) is 19.4. The third-order valence-corrected chi connectivity index (χ3v) is 5.59. The van der Waals surface area contributed by atoms with Crippen LogP contribution < -0.4 is 14.8 Å². The molecule has 1 N–H and O–H groups in total. The van der Waals surface area contributed by atoms with Gasteiger partial charge in [0.25, 0.3) is 0 Å². The second-order valence-corrected chi connectivity index (χ2v) is 7.64. The SMILES string of the molecule is CCCCCNC(=O)CC(c1ccc2c(c1)OCO2)c1cn(C)c2ccccc12. The van der Waals surface area contributed by atoms with Crippen molar-refractivity contribution in [3.63, 3.8) is 0 Å². The molecule has 0 fully saturated rings. The standard InChI is InChI=1S/C24H28N2O3/c1-3-4-7-12-25-24(27)14-19(17-10-11-22-23(13-17)29-16-28-22)20-15-26(2)21-9-6-5-8-18(20)21/h5-6,8-11,13,15,19H,3-4,7,12,14,16H2,1-2H3,(H,25,27). The van der Waals surface area contributed by atoms with Gasteiger partial charge in [-0.25, -0.2) is 0 Å². The zero-order chi connectivity index (χ0) is 20.2. The minimum atomic E-state index is -0.0539. The first-order chi connectivity index (χ1) is 14.2. The molecular formula is C24H28N2O3. The normalized spacial score (nSPS) is 13.6. The molecule has 1 aliphatic rings. The molecule has 2 aromatic carbocycles. The van der Waals surface area contributed by atoms with Crippen molar-refractivity contribution in [2.24, 2.45) is 7.05 Å². The predicted molar refractivity (Wildman–Crippen MR) is 114 cm³/mol. The van der Waals surface area contributed by atoms with Gasteiger partial charge in [0.1, 0.15) is 0 Å². The van der Waals surface area contributed by atoms with Gasteiger partial charge in [-0.05, 0) is 35.7 Å². The number of para-hydroxylation sites is 1. The number of nitrogens with one attached hydrogen (secondary N) is 1. The predicted octanol–water partition coefficient (Wildman–Crippen LogP) is 4.74. The topological polar surface area (TPSA) is 52.5 Å². The lowest BCUT2D eigenvalue weighted by atomic mass is 9.87. The Kier molecular flexibility index (Phi) is 5.74. The van der Waals surface area contributed by atoms with Crippen LogP contribution in [0.3, 0.4) is 0 Å². The fraction of sp³-hybridized carbons (Fsp3) is 0.375. The van der Waals surface area contributed by atoms with Gasteiger partial charge in [-0.15, -0.1) is 0 Å². The van der Waals surface area contributed by atoms with Crippen LogP contribution in [0.2, 0.25) is 0 Å². The van der Waals surface area contributed by atoms with Gasteiger partial charge in [0, 0.05) is 43.0 Å². The van der Waals surface area contributed by atoms with Crippen LogP contribution in [-0.4, -0.2) is 23.8 Å². The monoisotopic (exact) mass is 392 g/mol. The number of ether oxygens (including phenoxy) is 2. The molecule has 5 nitrogen and oxygen atoms in total. The van der Waals surface area contributed by atoms with E-state index in [0.29, 0.717) is 6.42 Å². The van der Waals surface area contributed by atoms with Gasteiger partial charge in [0.2, 0.25) is 12.7 Å². The van der Waals surface area contributed by atoms with Crippen molar-refractivity contribution in [3.05, 3.63) is 59.8 Å². The molecular weight excluding hydrogens is 364 g/mol. The molecule has 0 saturated heterocycles. The lowest BCUT2D eigenvalue weighted by molar-refractivity contribution is -0.121. The fourth-order valence-corrected chi connectivity index (χ4v) is 4.05. The highest BCUT2D eigenvalue weighted by Gasteiger charge is 2.24. The Balaban J connectivity index is 1.66. The highest BCUT2D eigenvalue weighted by Crippen LogP contribution is 2.39. The second kappa shape index (κ2) is 8.60. The van der Waals surface area contributed by atoms with E-state index in [-0.39, 0.29) is 18.6 Å². The molecule has 1 aliphatic heterocycles. The largest absolute Gasteiger partial charge is 0.454 e. The number of fused-ring (bicyclic) bond motifs is 2. The Labute approximate surface area is 171 Å². The lowest BCUT2D eigenvalue weighted by Crippen LogP contribution is -2.26. The maximum atomic E-state index is 12.8. The number of aromatic nitrogens is 1. The molecule has 2 heterocycles. The molecule has 152 valence electrons. The van der Waals surface area contributed by atoms with E-state index >= 15 is 0 Å². The summed E-state index contributed by atoms with van der Waals surface area (Å²) in [5.41, 5.74) is 3.39. The van der Waals surface area contributed by atoms with E-state index in [1.54, 1.807) is 0 Å². The smallest absolute Gasteiger partial charge is 0.231 e. The third kappa shape index (κ3) is 4.09. The number of hydrogen-bond donors (Lipinski definition) is 1. The molecule has 4 rings (SSSR count). The minimum absolute atomic E-state index is 0.0539. The number of benzene rings is 2. The summed E-state index contributed by atoms with van der Waals surface area (Å²) in [7, 11) is 2.05. The van der Waals surface area contributed by atoms with Crippen molar-refractivity contribution in [1.29, 1.82) is 0 Å². The Morgan fingerprint density at radius 2 is 1.97 bits per heavy atom. The number of nitrogens with zero attached hydrogens (tertiary/aromatic N) is 1. The van der Waals surface area contributed by atoms with Crippen LogP contribution in [0.1, 0.15) is 49.7 Å². The van der Waals surface area contributed by atoms with Gasteiger partial charge in [-0.2, -0.15) is 0 Å². The van der Waals surface area contributed by atoms with Crippen molar-refractivity contribution in [1.82, 2.24) is 9.88 Å². The average Bonchev–Trinajstić information content (AvgIpc) is 3.34. The lowest BCUT2D eigenvalue weighted by Gasteiger charge is -2.18. The first-order valence-electron chi connectivity index (χ1n) is 10.4. The summed E-state index contributed by atoms with van der Waals surface area (Å²) in [4.78, 5) is 12.8. The first-order valence-corrected chi connectivity index (χ1v) is 10.4. The zero-order valence-electron chi connectivity index (χ0n) is 17.1. The van der Waals surface area contributed by atoms with Gasteiger partial charge < -0.3 is 19.4 Å². The zero-order valence-corrected chi connectivity index (χ0v) is 17.1. The van der Waals surface area contributed by atoms with Crippen LogP contribution in [-0.2, 0) is 11.8 Å². The van der Waals surface area contributed by atoms with Crippen molar-refractivity contribution >= 4 is 16.8 Å². The van der Waals surface area contributed by atoms with Gasteiger partial charge in [0.15, 0.2) is 11.5 Å². The summed E-state index contributed by atoms with van der Waals surface area (Å²) in [6.07, 6.45) is 5.84. The summed E-state index contributed by atoms with van der Waals surface area (Å²) in [6.45, 7) is 3.14. The molecule has 1 unspecified atom stereocenters.